The van der Waals surface area contributed by atoms with Crippen LogP contribution in [-0.4, -0.2) is 47.2 Å². The number of ether oxygens (including phenoxy) is 1. The molecule has 0 saturated carbocycles. The Labute approximate surface area is 112 Å². The average Bonchev–Trinajstić information content (AvgIpc) is 2.89. The predicted molar refractivity (Wildman–Crippen MR) is 67.5 cm³/mol. The minimum Gasteiger partial charge on any atom is -0.481 e. The van der Waals surface area contributed by atoms with Gasteiger partial charge in [-0.15, -0.1) is 0 Å². The molecule has 1 N–H and O–H groups in total. The van der Waals surface area contributed by atoms with Crippen LogP contribution in [0.5, 0.6) is 0 Å². The van der Waals surface area contributed by atoms with Crippen molar-refractivity contribution in [1.82, 2.24) is 4.90 Å². The molecule has 2 fully saturated rings. The third-order valence-electron chi connectivity index (χ3n) is 4.39. The highest BCUT2D eigenvalue weighted by atomic mass is 16.5. The molecule has 2 bridgehead atoms. The molecule has 3 aliphatic rings. The number of nitrogens with zero attached hydrogens (tertiary/aromatic N) is 1. The molecule has 0 spiro atoms. The number of hydrogen-bond acceptors (Lipinski definition) is 3. The van der Waals surface area contributed by atoms with Crippen LogP contribution in [0.2, 0.25) is 0 Å². The van der Waals surface area contributed by atoms with Gasteiger partial charge in [-0.2, -0.15) is 0 Å². The van der Waals surface area contributed by atoms with Gasteiger partial charge in [0.25, 0.3) is 0 Å². The summed E-state index contributed by atoms with van der Waals surface area (Å²) in [5.74, 6) is -2.22. The van der Waals surface area contributed by atoms with Crippen molar-refractivity contribution < 1.29 is 19.4 Å². The van der Waals surface area contributed by atoms with Gasteiger partial charge in [0.05, 0.1) is 18.1 Å². The number of rotatable bonds is 2. The molecule has 3 rings (SSSR count). The van der Waals surface area contributed by atoms with Gasteiger partial charge in [-0.1, -0.05) is 25.0 Å². The van der Waals surface area contributed by atoms with E-state index in [1.165, 1.54) is 0 Å². The maximum absolute atomic E-state index is 12.6. The van der Waals surface area contributed by atoms with E-state index in [1.54, 1.807) is 6.08 Å². The first-order valence-corrected chi connectivity index (χ1v) is 7.04. The Balaban J connectivity index is 1.78. The topological polar surface area (TPSA) is 66.8 Å². The van der Waals surface area contributed by atoms with E-state index in [-0.39, 0.29) is 12.0 Å². The molecular weight excluding hydrogens is 246 g/mol. The van der Waals surface area contributed by atoms with Gasteiger partial charge < -0.3 is 14.7 Å². The van der Waals surface area contributed by atoms with Crippen LogP contribution in [-0.2, 0) is 14.3 Å². The van der Waals surface area contributed by atoms with Crippen molar-refractivity contribution in [3.05, 3.63) is 12.2 Å². The maximum atomic E-state index is 12.6. The third kappa shape index (κ3) is 2.16. The van der Waals surface area contributed by atoms with Crippen molar-refractivity contribution >= 4 is 11.9 Å². The molecule has 4 atom stereocenters. The Kier molecular flexibility index (Phi) is 3.31. The molecular formula is C14H19NO4. The van der Waals surface area contributed by atoms with Crippen LogP contribution in [0.1, 0.15) is 25.7 Å². The minimum absolute atomic E-state index is 0.0360. The Morgan fingerprint density at radius 3 is 2.16 bits per heavy atom. The number of fused-ring (bicyclic) bond motifs is 2. The van der Waals surface area contributed by atoms with Crippen LogP contribution < -0.4 is 0 Å². The van der Waals surface area contributed by atoms with Crippen LogP contribution in [0.25, 0.3) is 0 Å². The number of likely N-dealkylation sites (tertiary alicyclic amines) is 1. The highest BCUT2D eigenvalue weighted by Gasteiger charge is 2.54. The van der Waals surface area contributed by atoms with E-state index in [1.807, 2.05) is 11.0 Å². The van der Waals surface area contributed by atoms with Crippen LogP contribution in [0.15, 0.2) is 12.2 Å². The van der Waals surface area contributed by atoms with E-state index in [0.29, 0.717) is 0 Å². The van der Waals surface area contributed by atoms with Gasteiger partial charge in [-0.25, -0.2) is 0 Å². The molecule has 0 aliphatic carbocycles. The standard InChI is InChI=1S/C14H19NO4/c16-13(15-7-3-1-2-4-8-15)11-9-5-6-10(19-9)12(11)14(17)18/h5-6,9-12H,1-4,7-8H2,(H,17,18)/t9-,10+,11+,12-/m1/s1. The quantitative estimate of drug-likeness (QED) is 0.758. The van der Waals surface area contributed by atoms with Crippen molar-refractivity contribution in [3.63, 3.8) is 0 Å². The highest BCUT2D eigenvalue weighted by molar-refractivity contribution is 5.87. The fraction of sp³-hybridized carbons (Fsp3) is 0.714. The number of amides is 1. The Bertz CT molecular complexity index is 412. The van der Waals surface area contributed by atoms with Crippen molar-refractivity contribution in [2.24, 2.45) is 11.8 Å². The second kappa shape index (κ2) is 4.96. The Morgan fingerprint density at radius 2 is 1.58 bits per heavy atom. The second-order valence-corrected chi connectivity index (χ2v) is 5.58. The summed E-state index contributed by atoms with van der Waals surface area (Å²) in [6.07, 6.45) is 7.17. The fourth-order valence-electron chi connectivity index (χ4n) is 3.40. The summed E-state index contributed by atoms with van der Waals surface area (Å²) in [6, 6.07) is 0. The number of carboxylic acids is 1. The second-order valence-electron chi connectivity index (χ2n) is 5.58. The number of carbonyl (C=O) groups is 2. The molecule has 0 aromatic heterocycles. The molecule has 0 aromatic rings. The van der Waals surface area contributed by atoms with Gasteiger partial charge in [0.2, 0.25) is 5.91 Å². The van der Waals surface area contributed by atoms with E-state index < -0.39 is 23.9 Å². The molecule has 104 valence electrons. The van der Waals surface area contributed by atoms with Crippen molar-refractivity contribution in [2.75, 3.05) is 13.1 Å². The number of carboxylic acid groups (broad SMARTS) is 1. The maximum Gasteiger partial charge on any atom is 0.310 e. The first-order valence-electron chi connectivity index (χ1n) is 7.04. The van der Waals surface area contributed by atoms with Crippen LogP contribution in [0, 0.1) is 11.8 Å². The summed E-state index contributed by atoms with van der Waals surface area (Å²) in [6.45, 7) is 1.51. The van der Waals surface area contributed by atoms with E-state index in [9.17, 15) is 14.7 Å². The lowest BCUT2D eigenvalue weighted by molar-refractivity contribution is -0.149. The summed E-state index contributed by atoms with van der Waals surface area (Å²) in [5, 5.41) is 9.32. The normalized spacial score (nSPS) is 37.4. The zero-order valence-electron chi connectivity index (χ0n) is 10.8. The summed E-state index contributed by atoms with van der Waals surface area (Å²) in [7, 11) is 0. The first-order chi connectivity index (χ1) is 9.18. The molecule has 1 amide bonds. The van der Waals surface area contributed by atoms with Crippen LogP contribution in [0.4, 0.5) is 0 Å². The SMILES string of the molecule is O=C(O)[C@H]1[C@@H](C(=O)N2CCCCCC2)[C@H]2C=C[C@@H]1O2. The lowest BCUT2D eigenvalue weighted by Gasteiger charge is -2.28. The monoisotopic (exact) mass is 265 g/mol. The van der Waals surface area contributed by atoms with E-state index >= 15 is 0 Å². The first kappa shape index (κ1) is 12.7. The molecule has 3 heterocycles. The summed E-state index contributed by atoms with van der Waals surface area (Å²) in [5.41, 5.74) is 0. The van der Waals surface area contributed by atoms with E-state index in [4.69, 9.17) is 4.74 Å². The van der Waals surface area contributed by atoms with Gasteiger partial charge in [-0.3, -0.25) is 9.59 Å². The molecule has 3 aliphatic heterocycles. The van der Waals surface area contributed by atoms with Crippen molar-refractivity contribution in [2.45, 2.75) is 37.9 Å². The van der Waals surface area contributed by atoms with Gasteiger partial charge in [0, 0.05) is 13.1 Å². The average molecular weight is 265 g/mol. The summed E-state index contributed by atoms with van der Waals surface area (Å²) >= 11 is 0. The van der Waals surface area contributed by atoms with Crippen LogP contribution in [0.3, 0.4) is 0 Å². The predicted octanol–water partition coefficient (Wildman–Crippen LogP) is 1.04. The molecule has 0 radical (unpaired) electrons. The van der Waals surface area contributed by atoms with E-state index in [0.717, 1.165) is 38.8 Å². The molecule has 5 heteroatoms. The smallest absolute Gasteiger partial charge is 0.310 e. The van der Waals surface area contributed by atoms with Gasteiger partial charge in [0.15, 0.2) is 0 Å². The highest BCUT2D eigenvalue weighted by Crippen LogP contribution is 2.40. The van der Waals surface area contributed by atoms with Gasteiger partial charge >= 0.3 is 5.97 Å². The summed E-state index contributed by atoms with van der Waals surface area (Å²) in [4.78, 5) is 25.8. The van der Waals surface area contributed by atoms with Crippen LogP contribution >= 0.6 is 0 Å². The van der Waals surface area contributed by atoms with Gasteiger partial charge in [-0.05, 0) is 12.8 Å². The molecule has 0 aromatic carbocycles. The van der Waals surface area contributed by atoms with Crippen molar-refractivity contribution in [1.29, 1.82) is 0 Å². The fourth-order valence-corrected chi connectivity index (χ4v) is 3.40. The van der Waals surface area contributed by atoms with E-state index in [2.05, 4.69) is 0 Å². The molecule has 0 unspecified atom stereocenters. The Hall–Kier alpha value is -1.36. The zero-order valence-corrected chi connectivity index (χ0v) is 10.8. The minimum atomic E-state index is -0.926. The van der Waals surface area contributed by atoms with Crippen molar-refractivity contribution in [3.8, 4) is 0 Å². The molecule has 5 nitrogen and oxygen atoms in total. The third-order valence-corrected chi connectivity index (χ3v) is 4.39. The van der Waals surface area contributed by atoms with Gasteiger partial charge in [0.1, 0.15) is 5.92 Å². The zero-order chi connectivity index (χ0) is 13.4. The Morgan fingerprint density at radius 1 is 1.00 bits per heavy atom. The lowest BCUT2D eigenvalue weighted by atomic mass is 9.82. The largest absolute Gasteiger partial charge is 0.481 e. The number of hydrogen-bond donors (Lipinski definition) is 1. The number of carbonyl (C=O) groups excluding carboxylic acids is 1. The molecule has 2 saturated heterocycles. The number of aliphatic carboxylic acids is 1. The molecule has 19 heavy (non-hydrogen) atoms. The lowest BCUT2D eigenvalue weighted by Crippen LogP contribution is -2.45. The summed E-state index contributed by atoms with van der Waals surface area (Å²) < 4.78 is 5.56.